The van der Waals surface area contributed by atoms with Crippen LogP contribution in [0.25, 0.3) is 56.2 Å². The van der Waals surface area contributed by atoms with E-state index in [4.69, 9.17) is 19.3 Å². The maximum Gasteiger partial charge on any atom is 0.494 e. The van der Waals surface area contributed by atoms with Gasteiger partial charge in [-0.15, -0.1) is 0 Å². The Kier molecular flexibility index (Phi) is 7.44. The molecule has 5 heteroatoms. The lowest BCUT2D eigenvalue weighted by Crippen LogP contribution is -2.41. The van der Waals surface area contributed by atoms with Gasteiger partial charge in [-0.1, -0.05) is 127 Å². The normalized spacial score (nSPS) is 15.2. The maximum absolute atomic E-state index is 6.26. The molecule has 0 radical (unpaired) electrons. The van der Waals surface area contributed by atoms with E-state index in [1.165, 1.54) is 11.1 Å². The van der Waals surface area contributed by atoms with E-state index in [1.54, 1.807) is 0 Å². The molecule has 0 aliphatic carbocycles. The van der Waals surface area contributed by atoms with Gasteiger partial charge in [-0.3, -0.25) is 0 Å². The summed E-state index contributed by atoms with van der Waals surface area (Å²) in [5.41, 5.74) is 9.69. The molecular weight excluding hydrogens is 551 g/mol. The van der Waals surface area contributed by atoms with Crippen molar-refractivity contribution >= 4 is 12.6 Å². The van der Waals surface area contributed by atoms with Gasteiger partial charge in [0.05, 0.1) is 22.6 Å². The quantitative estimate of drug-likeness (QED) is 0.183. The molecule has 0 spiro atoms. The summed E-state index contributed by atoms with van der Waals surface area (Å²) in [5, 5.41) is 0. The topological polar surface area (TPSA) is 44.2 Å². The third kappa shape index (κ3) is 5.85. The molecular formula is C40H35BN2O2. The lowest BCUT2D eigenvalue weighted by molar-refractivity contribution is 0.00578. The number of nitrogens with zero attached hydrogens (tertiary/aromatic N) is 2. The SMILES string of the molecule is CC1(C)OB(c2ccc(-c3cccc(-c4cc(-c5ccc(-c6ccccc6)cc5)nc(-c5ccccc5)n4)c3)cc2)OC1(C)C. The Hall–Kier alpha value is -4.84. The molecule has 4 nitrogen and oxygen atoms in total. The van der Waals surface area contributed by atoms with E-state index in [0.717, 1.165) is 44.7 Å². The van der Waals surface area contributed by atoms with Crippen LogP contribution in [0.1, 0.15) is 27.7 Å². The highest BCUT2D eigenvalue weighted by molar-refractivity contribution is 6.62. The zero-order valence-electron chi connectivity index (χ0n) is 26.1. The van der Waals surface area contributed by atoms with Crippen molar-refractivity contribution in [2.45, 2.75) is 38.9 Å². The van der Waals surface area contributed by atoms with Crippen LogP contribution in [0.2, 0.25) is 0 Å². The summed E-state index contributed by atoms with van der Waals surface area (Å²) in [7, 11) is -0.381. The molecule has 0 unspecified atom stereocenters. The Bertz CT molecular complexity index is 1920. The minimum atomic E-state index is -0.381. The van der Waals surface area contributed by atoms with Crippen LogP contribution in [0.4, 0.5) is 0 Å². The van der Waals surface area contributed by atoms with Gasteiger partial charge in [0.1, 0.15) is 0 Å². The Morgan fingerprint density at radius 3 is 1.49 bits per heavy atom. The van der Waals surface area contributed by atoms with Crippen molar-refractivity contribution in [1.29, 1.82) is 0 Å². The van der Waals surface area contributed by atoms with Gasteiger partial charge in [-0.05, 0) is 67.5 Å². The zero-order chi connectivity index (χ0) is 31.0. The molecule has 0 saturated carbocycles. The highest BCUT2D eigenvalue weighted by atomic mass is 16.7. The second-order valence-corrected chi connectivity index (χ2v) is 12.6. The van der Waals surface area contributed by atoms with Crippen molar-refractivity contribution in [3.05, 3.63) is 140 Å². The van der Waals surface area contributed by atoms with Gasteiger partial charge in [0, 0.05) is 16.7 Å². The van der Waals surface area contributed by atoms with Crippen molar-refractivity contribution in [1.82, 2.24) is 9.97 Å². The summed E-state index contributed by atoms with van der Waals surface area (Å²) in [6.07, 6.45) is 0. The molecule has 1 aliphatic rings. The van der Waals surface area contributed by atoms with Gasteiger partial charge in [-0.25, -0.2) is 9.97 Å². The lowest BCUT2D eigenvalue weighted by Gasteiger charge is -2.32. The number of hydrogen-bond donors (Lipinski definition) is 0. The Balaban J connectivity index is 1.22. The van der Waals surface area contributed by atoms with Crippen molar-refractivity contribution in [2.24, 2.45) is 0 Å². The van der Waals surface area contributed by atoms with Crippen LogP contribution in [-0.2, 0) is 9.31 Å². The van der Waals surface area contributed by atoms with E-state index < -0.39 is 0 Å². The summed E-state index contributed by atoms with van der Waals surface area (Å²) in [6, 6.07) is 48.3. The number of hydrogen-bond acceptors (Lipinski definition) is 4. The zero-order valence-corrected chi connectivity index (χ0v) is 26.1. The van der Waals surface area contributed by atoms with Crippen LogP contribution in [-0.4, -0.2) is 28.3 Å². The van der Waals surface area contributed by atoms with Gasteiger partial charge in [0.25, 0.3) is 0 Å². The van der Waals surface area contributed by atoms with E-state index in [-0.39, 0.29) is 18.3 Å². The lowest BCUT2D eigenvalue weighted by atomic mass is 9.78. The molecule has 0 atom stereocenters. The smallest absolute Gasteiger partial charge is 0.399 e. The predicted molar refractivity (Wildman–Crippen MR) is 185 cm³/mol. The average Bonchev–Trinajstić information content (AvgIpc) is 3.31. The van der Waals surface area contributed by atoms with E-state index in [2.05, 4.69) is 143 Å². The first kappa shape index (κ1) is 28.9. The maximum atomic E-state index is 6.26. The molecule has 2 heterocycles. The fourth-order valence-corrected chi connectivity index (χ4v) is 5.59. The third-order valence-corrected chi connectivity index (χ3v) is 8.97. The van der Waals surface area contributed by atoms with Crippen LogP contribution in [0.5, 0.6) is 0 Å². The van der Waals surface area contributed by atoms with Gasteiger partial charge in [0.15, 0.2) is 5.82 Å². The minimum Gasteiger partial charge on any atom is -0.399 e. The molecule has 45 heavy (non-hydrogen) atoms. The molecule has 0 N–H and O–H groups in total. The highest BCUT2D eigenvalue weighted by Gasteiger charge is 2.51. The van der Waals surface area contributed by atoms with Crippen LogP contribution in [0.15, 0.2) is 140 Å². The number of aromatic nitrogens is 2. The number of rotatable bonds is 6. The minimum absolute atomic E-state index is 0.371. The van der Waals surface area contributed by atoms with Crippen LogP contribution >= 0.6 is 0 Å². The predicted octanol–water partition coefficient (Wildman–Crippen LogP) is 9.11. The standard InChI is InChI=1S/C40H35BN2O2/c1-39(2)40(3,4)45-41(44-39)35-24-22-30(23-25-35)33-16-11-17-34(26-33)37-27-36(42-38(43-37)32-14-9-6-10-15-32)31-20-18-29(19-21-31)28-12-7-5-8-13-28/h5-27H,1-4H3. The Morgan fingerprint density at radius 1 is 0.422 bits per heavy atom. The van der Waals surface area contributed by atoms with E-state index >= 15 is 0 Å². The van der Waals surface area contributed by atoms with Crippen LogP contribution < -0.4 is 5.46 Å². The van der Waals surface area contributed by atoms with Crippen molar-refractivity contribution < 1.29 is 9.31 Å². The fourth-order valence-electron chi connectivity index (χ4n) is 5.59. The van der Waals surface area contributed by atoms with Crippen molar-refractivity contribution in [3.8, 4) is 56.2 Å². The molecule has 0 amide bonds. The summed E-state index contributed by atoms with van der Waals surface area (Å²) in [4.78, 5) is 10.1. The molecule has 220 valence electrons. The third-order valence-electron chi connectivity index (χ3n) is 8.97. The Morgan fingerprint density at radius 2 is 0.867 bits per heavy atom. The summed E-state index contributed by atoms with van der Waals surface area (Å²) in [6.45, 7) is 8.31. The molecule has 6 aromatic rings. The fraction of sp³-hybridized carbons (Fsp3) is 0.150. The van der Waals surface area contributed by atoms with Crippen molar-refractivity contribution in [2.75, 3.05) is 0 Å². The van der Waals surface area contributed by atoms with Crippen LogP contribution in [0.3, 0.4) is 0 Å². The van der Waals surface area contributed by atoms with Gasteiger partial charge >= 0.3 is 7.12 Å². The summed E-state index contributed by atoms with van der Waals surface area (Å²) < 4.78 is 12.5. The molecule has 1 fully saturated rings. The van der Waals surface area contributed by atoms with Gasteiger partial charge < -0.3 is 9.31 Å². The monoisotopic (exact) mass is 586 g/mol. The first-order chi connectivity index (χ1) is 21.8. The highest BCUT2D eigenvalue weighted by Crippen LogP contribution is 2.37. The summed E-state index contributed by atoms with van der Waals surface area (Å²) >= 11 is 0. The summed E-state index contributed by atoms with van der Waals surface area (Å²) in [5.74, 6) is 0.701. The first-order valence-electron chi connectivity index (χ1n) is 15.4. The second-order valence-electron chi connectivity index (χ2n) is 12.6. The Labute approximate surface area is 265 Å². The van der Waals surface area contributed by atoms with Gasteiger partial charge in [-0.2, -0.15) is 0 Å². The molecule has 0 bridgehead atoms. The first-order valence-corrected chi connectivity index (χ1v) is 15.4. The van der Waals surface area contributed by atoms with Crippen LogP contribution in [0, 0.1) is 0 Å². The molecule has 1 aliphatic heterocycles. The molecule has 5 aromatic carbocycles. The van der Waals surface area contributed by atoms with Gasteiger partial charge in [0.2, 0.25) is 0 Å². The van der Waals surface area contributed by atoms with E-state index in [9.17, 15) is 0 Å². The van der Waals surface area contributed by atoms with E-state index in [0.29, 0.717) is 5.82 Å². The largest absolute Gasteiger partial charge is 0.494 e. The number of benzene rings is 5. The van der Waals surface area contributed by atoms with Crippen molar-refractivity contribution in [3.63, 3.8) is 0 Å². The molecule has 7 rings (SSSR count). The average molecular weight is 587 g/mol. The molecule has 1 saturated heterocycles. The van der Waals surface area contributed by atoms with E-state index in [1.807, 2.05) is 24.3 Å². The second kappa shape index (κ2) is 11.6. The molecule has 1 aromatic heterocycles.